The Labute approximate surface area is 125 Å². The van der Waals surface area contributed by atoms with Gasteiger partial charge in [-0.25, -0.2) is 0 Å². The van der Waals surface area contributed by atoms with Crippen molar-refractivity contribution in [2.24, 2.45) is 11.8 Å². The quantitative estimate of drug-likeness (QED) is 0.685. The molecule has 2 rings (SSSR count). The van der Waals surface area contributed by atoms with Gasteiger partial charge in [-0.05, 0) is 70.1 Å². The fourth-order valence-corrected chi connectivity index (χ4v) is 4.63. The summed E-state index contributed by atoms with van der Waals surface area (Å²) >= 11 is 0. The largest absolute Gasteiger partial charge is 0.379 e. The lowest BCUT2D eigenvalue weighted by atomic mass is 9.66. The minimum atomic E-state index is 0.196. The van der Waals surface area contributed by atoms with Crippen LogP contribution in [0.5, 0.6) is 0 Å². The summed E-state index contributed by atoms with van der Waals surface area (Å²) in [5.41, 5.74) is 0.196. The molecular formula is C18H34O2. The lowest BCUT2D eigenvalue weighted by Gasteiger charge is -2.47. The molecule has 2 saturated carbocycles. The predicted molar refractivity (Wildman–Crippen MR) is 84.0 cm³/mol. The Bertz CT molecular complexity index is 261. The molecule has 0 radical (unpaired) electrons. The molecule has 0 aliphatic heterocycles. The van der Waals surface area contributed by atoms with Crippen LogP contribution in [0.4, 0.5) is 0 Å². The third kappa shape index (κ3) is 3.76. The first kappa shape index (κ1) is 16.3. The normalized spacial score (nSPS) is 38.9. The van der Waals surface area contributed by atoms with Gasteiger partial charge in [0.1, 0.15) is 0 Å². The molecule has 0 heterocycles. The van der Waals surface area contributed by atoms with Crippen molar-refractivity contribution in [1.29, 1.82) is 0 Å². The first-order valence-corrected chi connectivity index (χ1v) is 8.90. The van der Waals surface area contributed by atoms with Crippen molar-refractivity contribution in [2.75, 3.05) is 13.7 Å². The van der Waals surface area contributed by atoms with E-state index in [0.717, 1.165) is 18.4 Å². The van der Waals surface area contributed by atoms with E-state index < -0.39 is 0 Å². The third-order valence-corrected chi connectivity index (χ3v) is 5.88. The van der Waals surface area contributed by atoms with E-state index in [1.807, 2.05) is 7.11 Å². The maximum atomic E-state index is 6.10. The van der Waals surface area contributed by atoms with Gasteiger partial charge in [0, 0.05) is 13.7 Å². The van der Waals surface area contributed by atoms with E-state index >= 15 is 0 Å². The highest BCUT2D eigenvalue weighted by Gasteiger charge is 2.43. The van der Waals surface area contributed by atoms with E-state index in [2.05, 4.69) is 13.8 Å². The highest BCUT2D eigenvalue weighted by molar-refractivity contribution is 4.94. The number of ether oxygens (including phenoxy) is 2. The van der Waals surface area contributed by atoms with Crippen molar-refractivity contribution in [2.45, 2.75) is 89.8 Å². The monoisotopic (exact) mass is 282 g/mol. The second kappa shape index (κ2) is 7.79. The van der Waals surface area contributed by atoms with Gasteiger partial charge in [0.25, 0.3) is 0 Å². The Balaban J connectivity index is 1.86. The molecular weight excluding hydrogens is 248 g/mol. The van der Waals surface area contributed by atoms with Crippen LogP contribution in [0, 0.1) is 11.8 Å². The second-order valence-electron chi connectivity index (χ2n) is 6.93. The van der Waals surface area contributed by atoms with Gasteiger partial charge in [-0.15, -0.1) is 0 Å². The maximum absolute atomic E-state index is 6.10. The van der Waals surface area contributed by atoms with Gasteiger partial charge >= 0.3 is 0 Å². The number of rotatable bonds is 6. The van der Waals surface area contributed by atoms with Crippen LogP contribution in [0.15, 0.2) is 0 Å². The van der Waals surface area contributed by atoms with Crippen LogP contribution in [0.1, 0.15) is 78.1 Å². The fraction of sp³-hybridized carbons (Fsp3) is 1.00. The zero-order valence-corrected chi connectivity index (χ0v) is 13.8. The summed E-state index contributed by atoms with van der Waals surface area (Å²) in [7, 11) is 1.95. The molecule has 2 aliphatic carbocycles. The minimum absolute atomic E-state index is 0.196. The molecule has 20 heavy (non-hydrogen) atoms. The molecule has 2 nitrogen and oxygen atoms in total. The molecule has 0 N–H and O–H groups in total. The van der Waals surface area contributed by atoms with Crippen molar-refractivity contribution in [3.8, 4) is 0 Å². The molecule has 0 unspecified atom stereocenters. The highest BCUT2D eigenvalue weighted by Crippen LogP contribution is 2.46. The van der Waals surface area contributed by atoms with Gasteiger partial charge in [-0.3, -0.25) is 0 Å². The molecule has 0 aromatic carbocycles. The van der Waals surface area contributed by atoms with Gasteiger partial charge in [-0.2, -0.15) is 0 Å². The van der Waals surface area contributed by atoms with Gasteiger partial charge in [0.15, 0.2) is 0 Å². The fourth-order valence-electron chi connectivity index (χ4n) is 4.63. The van der Waals surface area contributed by atoms with Crippen LogP contribution in [0.2, 0.25) is 0 Å². The minimum Gasteiger partial charge on any atom is -0.379 e. The molecule has 0 saturated heterocycles. The zero-order chi connectivity index (χ0) is 14.4. The van der Waals surface area contributed by atoms with Crippen LogP contribution in [0.25, 0.3) is 0 Å². The van der Waals surface area contributed by atoms with Crippen molar-refractivity contribution in [3.05, 3.63) is 0 Å². The Kier molecular flexibility index (Phi) is 6.35. The van der Waals surface area contributed by atoms with Gasteiger partial charge in [-0.1, -0.05) is 19.8 Å². The lowest BCUT2D eigenvalue weighted by molar-refractivity contribution is -0.112. The maximum Gasteiger partial charge on any atom is 0.0707 e. The van der Waals surface area contributed by atoms with Crippen LogP contribution >= 0.6 is 0 Å². The smallest absolute Gasteiger partial charge is 0.0707 e. The summed E-state index contributed by atoms with van der Waals surface area (Å²) in [6, 6.07) is 0. The summed E-state index contributed by atoms with van der Waals surface area (Å²) in [6.07, 6.45) is 13.7. The van der Waals surface area contributed by atoms with E-state index in [0.29, 0.717) is 6.10 Å². The molecule has 0 aromatic heterocycles. The second-order valence-corrected chi connectivity index (χ2v) is 6.93. The Hall–Kier alpha value is -0.0800. The van der Waals surface area contributed by atoms with E-state index in [9.17, 15) is 0 Å². The summed E-state index contributed by atoms with van der Waals surface area (Å²) in [5, 5.41) is 0. The predicted octanol–water partition coefficient (Wildman–Crippen LogP) is 4.96. The molecule has 2 fully saturated rings. The molecule has 2 aliphatic rings. The first-order chi connectivity index (χ1) is 9.74. The highest BCUT2D eigenvalue weighted by atomic mass is 16.5. The molecule has 118 valence electrons. The molecule has 0 amide bonds. The van der Waals surface area contributed by atoms with Crippen LogP contribution in [-0.4, -0.2) is 25.4 Å². The van der Waals surface area contributed by atoms with Gasteiger partial charge < -0.3 is 9.47 Å². The average Bonchev–Trinajstić information content (AvgIpc) is 2.50. The third-order valence-electron chi connectivity index (χ3n) is 5.88. The van der Waals surface area contributed by atoms with Gasteiger partial charge in [0.05, 0.1) is 11.7 Å². The number of hydrogen-bond donors (Lipinski definition) is 0. The number of methoxy groups -OCH3 is 1. The zero-order valence-electron chi connectivity index (χ0n) is 13.8. The Morgan fingerprint density at radius 3 is 2.10 bits per heavy atom. The van der Waals surface area contributed by atoms with E-state index in [4.69, 9.17) is 9.47 Å². The summed E-state index contributed by atoms with van der Waals surface area (Å²) < 4.78 is 11.9. The lowest BCUT2D eigenvalue weighted by Crippen LogP contribution is -2.45. The standard InChI is InChI=1S/C18H34O2/c1-4-6-15-11-13-18(19-3,14-12-15)16-7-9-17(10-8-16)20-5-2/h15-17H,4-14H2,1-3H3/t15-,16-,17-,18-. The van der Waals surface area contributed by atoms with Crippen LogP contribution < -0.4 is 0 Å². The Morgan fingerprint density at radius 1 is 0.950 bits per heavy atom. The van der Waals surface area contributed by atoms with E-state index in [1.165, 1.54) is 64.2 Å². The van der Waals surface area contributed by atoms with Crippen molar-refractivity contribution in [1.82, 2.24) is 0 Å². The number of hydrogen-bond acceptors (Lipinski definition) is 2. The molecule has 0 bridgehead atoms. The molecule has 0 aromatic rings. The average molecular weight is 282 g/mol. The molecule has 0 spiro atoms. The topological polar surface area (TPSA) is 18.5 Å². The van der Waals surface area contributed by atoms with E-state index in [-0.39, 0.29) is 5.60 Å². The van der Waals surface area contributed by atoms with Crippen molar-refractivity contribution < 1.29 is 9.47 Å². The van der Waals surface area contributed by atoms with Crippen molar-refractivity contribution in [3.63, 3.8) is 0 Å². The van der Waals surface area contributed by atoms with Crippen LogP contribution in [0.3, 0.4) is 0 Å². The van der Waals surface area contributed by atoms with Crippen LogP contribution in [-0.2, 0) is 9.47 Å². The van der Waals surface area contributed by atoms with Gasteiger partial charge in [0.2, 0.25) is 0 Å². The van der Waals surface area contributed by atoms with Crippen molar-refractivity contribution >= 4 is 0 Å². The Morgan fingerprint density at radius 2 is 1.60 bits per heavy atom. The summed E-state index contributed by atoms with van der Waals surface area (Å²) in [5.74, 6) is 1.73. The first-order valence-electron chi connectivity index (χ1n) is 8.90. The molecule has 0 atom stereocenters. The summed E-state index contributed by atoms with van der Waals surface area (Å²) in [4.78, 5) is 0. The molecule has 2 heteroatoms. The summed E-state index contributed by atoms with van der Waals surface area (Å²) in [6.45, 7) is 5.29. The van der Waals surface area contributed by atoms with E-state index in [1.54, 1.807) is 0 Å². The SMILES string of the molecule is CCC[C@H]1CC[C@@](OC)([C@H]2CC[C@H](OCC)CC2)CC1.